The molecule has 0 bridgehead atoms. The largest absolute Gasteiger partial charge is 0.496 e. The van der Waals surface area contributed by atoms with Crippen LogP contribution in [0, 0.1) is 6.92 Å². The third kappa shape index (κ3) is 3.52. The molecule has 0 heterocycles. The summed E-state index contributed by atoms with van der Waals surface area (Å²) in [6.45, 7) is 2.57. The Morgan fingerprint density at radius 3 is 2.45 bits per heavy atom. The molecule has 0 saturated carbocycles. The second kappa shape index (κ2) is 6.77. The molecule has 20 heavy (non-hydrogen) atoms. The Bertz CT molecular complexity index is 569. The molecule has 0 saturated heterocycles. The van der Waals surface area contributed by atoms with Crippen molar-refractivity contribution in [2.75, 3.05) is 19.0 Å². The fourth-order valence-electron chi connectivity index (χ4n) is 2.14. The van der Waals surface area contributed by atoms with Gasteiger partial charge in [0.05, 0.1) is 13.2 Å². The normalized spacial score (nSPS) is 12.0. The molecule has 0 fully saturated rings. The number of aryl methyl sites for hydroxylation is 1. The second-order valence-electron chi connectivity index (χ2n) is 4.67. The predicted molar refractivity (Wildman–Crippen MR) is 87.3 cm³/mol. The Morgan fingerprint density at radius 1 is 1.20 bits per heavy atom. The predicted octanol–water partition coefficient (Wildman–Crippen LogP) is 3.88. The van der Waals surface area contributed by atoms with E-state index in [9.17, 15) is 0 Å². The van der Waals surface area contributed by atoms with Gasteiger partial charge in [0.2, 0.25) is 0 Å². The molecule has 106 valence electrons. The van der Waals surface area contributed by atoms with Crippen molar-refractivity contribution < 1.29 is 4.74 Å². The molecule has 4 heteroatoms. The summed E-state index contributed by atoms with van der Waals surface area (Å²) in [4.78, 5) is 0. The van der Waals surface area contributed by atoms with Gasteiger partial charge in [-0.1, -0.05) is 28.1 Å². The first-order chi connectivity index (χ1) is 9.63. The third-order valence-electron chi connectivity index (χ3n) is 3.24. The van der Waals surface area contributed by atoms with E-state index in [0.717, 1.165) is 27.0 Å². The number of methoxy groups -OCH3 is 1. The zero-order valence-electron chi connectivity index (χ0n) is 11.7. The van der Waals surface area contributed by atoms with Gasteiger partial charge in [0.15, 0.2) is 0 Å². The van der Waals surface area contributed by atoms with E-state index in [1.807, 2.05) is 37.3 Å². The van der Waals surface area contributed by atoms with E-state index in [2.05, 4.69) is 33.4 Å². The van der Waals surface area contributed by atoms with Crippen LogP contribution in [0.2, 0.25) is 0 Å². The smallest absolute Gasteiger partial charge is 0.121 e. The van der Waals surface area contributed by atoms with Crippen molar-refractivity contribution in [3.8, 4) is 5.75 Å². The lowest BCUT2D eigenvalue weighted by atomic mass is 10.0. The van der Waals surface area contributed by atoms with Gasteiger partial charge >= 0.3 is 0 Å². The van der Waals surface area contributed by atoms with Crippen LogP contribution in [0.5, 0.6) is 5.75 Å². The number of halogens is 1. The molecular weight excluding hydrogens is 316 g/mol. The van der Waals surface area contributed by atoms with Crippen molar-refractivity contribution in [3.63, 3.8) is 0 Å². The fraction of sp³-hybridized carbons (Fsp3) is 0.250. The Morgan fingerprint density at radius 2 is 1.90 bits per heavy atom. The van der Waals surface area contributed by atoms with Crippen LogP contribution >= 0.6 is 15.9 Å². The van der Waals surface area contributed by atoms with E-state index in [0.29, 0.717) is 6.54 Å². The summed E-state index contributed by atoms with van der Waals surface area (Å²) in [5, 5.41) is 3.45. The molecule has 2 aromatic rings. The average molecular weight is 335 g/mol. The van der Waals surface area contributed by atoms with Gasteiger partial charge in [-0.05, 0) is 48.4 Å². The summed E-state index contributed by atoms with van der Waals surface area (Å²) in [5.74, 6) is 0.896. The van der Waals surface area contributed by atoms with Gasteiger partial charge in [0.1, 0.15) is 5.75 Å². The SMILES string of the molecule is COc1ccc(C(CN)Nc2ccc(Br)cc2)cc1C. The minimum Gasteiger partial charge on any atom is -0.496 e. The molecule has 2 rings (SSSR count). The van der Waals surface area contributed by atoms with E-state index >= 15 is 0 Å². The third-order valence-corrected chi connectivity index (χ3v) is 3.77. The second-order valence-corrected chi connectivity index (χ2v) is 5.58. The highest BCUT2D eigenvalue weighted by atomic mass is 79.9. The molecule has 0 aromatic heterocycles. The highest BCUT2D eigenvalue weighted by Crippen LogP contribution is 2.25. The fourth-order valence-corrected chi connectivity index (χ4v) is 2.41. The lowest BCUT2D eigenvalue weighted by Crippen LogP contribution is -2.20. The van der Waals surface area contributed by atoms with Gasteiger partial charge in [0.25, 0.3) is 0 Å². The number of ether oxygens (including phenoxy) is 1. The Balaban J connectivity index is 2.19. The molecule has 0 aliphatic rings. The highest BCUT2D eigenvalue weighted by Gasteiger charge is 2.11. The summed E-state index contributed by atoms with van der Waals surface area (Å²) < 4.78 is 6.35. The van der Waals surface area contributed by atoms with Crippen LogP contribution < -0.4 is 15.8 Å². The van der Waals surface area contributed by atoms with Crippen LogP contribution in [0.1, 0.15) is 17.2 Å². The molecule has 0 radical (unpaired) electrons. The molecule has 3 N–H and O–H groups in total. The van der Waals surface area contributed by atoms with Gasteiger partial charge in [-0.15, -0.1) is 0 Å². The minimum absolute atomic E-state index is 0.0841. The maximum absolute atomic E-state index is 5.90. The molecule has 0 spiro atoms. The quantitative estimate of drug-likeness (QED) is 0.872. The molecular formula is C16H19BrN2O. The van der Waals surface area contributed by atoms with Crippen molar-refractivity contribution in [3.05, 3.63) is 58.1 Å². The molecule has 0 aliphatic heterocycles. The minimum atomic E-state index is 0.0841. The number of benzene rings is 2. The van der Waals surface area contributed by atoms with E-state index in [4.69, 9.17) is 10.5 Å². The van der Waals surface area contributed by atoms with Crippen LogP contribution in [0.25, 0.3) is 0 Å². The highest BCUT2D eigenvalue weighted by molar-refractivity contribution is 9.10. The number of nitrogens with two attached hydrogens (primary N) is 1. The van der Waals surface area contributed by atoms with Crippen LogP contribution in [-0.4, -0.2) is 13.7 Å². The maximum atomic E-state index is 5.90. The molecule has 3 nitrogen and oxygen atoms in total. The van der Waals surface area contributed by atoms with Crippen LogP contribution in [0.3, 0.4) is 0 Å². The average Bonchev–Trinajstić information content (AvgIpc) is 2.46. The van der Waals surface area contributed by atoms with E-state index < -0.39 is 0 Å². The van der Waals surface area contributed by atoms with Crippen LogP contribution in [-0.2, 0) is 0 Å². The molecule has 1 atom stereocenters. The first-order valence-electron chi connectivity index (χ1n) is 6.50. The zero-order chi connectivity index (χ0) is 14.5. The molecule has 1 unspecified atom stereocenters. The van der Waals surface area contributed by atoms with E-state index in [1.54, 1.807) is 7.11 Å². The number of anilines is 1. The van der Waals surface area contributed by atoms with E-state index in [-0.39, 0.29) is 6.04 Å². The van der Waals surface area contributed by atoms with E-state index in [1.165, 1.54) is 0 Å². The first kappa shape index (κ1) is 14.9. The summed E-state index contributed by atoms with van der Waals surface area (Å²) in [5.41, 5.74) is 9.23. The van der Waals surface area contributed by atoms with Crippen LogP contribution in [0.4, 0.5) is 5.69 Å². The van der Waals surface area contributed by atoms with Crippen molar-refractivity contribution in [1.82, 2.24) is 0 Å². The zero-order valence-corrected chi connectivity index (χ0v) is 13.3. The topological polar surface area (TPSA) is 47.3 Å². The summed E-state index contributed by atoms with van der Waals surface area (Å²) in [6, 6.07) is 14.3. The summed E-state index contributed by atoms with van der Waals surface area (Å²) >= 11 is 3.43. The standard InChI is InChI=1S/C16H19BrN2O/c1-11-9-12(3-8-16(11)20-2)15(10-18)19-14-6-4-13(17)5-7-14/h3-9,15,19H,10,18H2,1-2H3. The lowest BCUT2D eigenvalue weighted by molar-refractivity contribution is 0.411. The van der Waals surface area contributed by atoms with Crippen molar-refractivity contribution in [2.24, 2.45) is 5.73 Å². The van der Waals surface area contributed by atoms with Gasteiger partial charge in [-0.25, -0.2) is 0 Å². The summed E-state index contributed by atoms with van der Waals surface area (Å²) in [6.07, 6.45) is 0. The Hall–Kier alpha value is -1.52. The maximum Gasteiger partial charge on any atom is 0.121 e. The van der Waals surface area contributed by atoms with Gasteiger partial charge in [0, 0.05) is 16.7 Å². The Labute approximate surface area is 128 Å². The van der Waals surface area contributed by atoms with Crippen molar-refractivity contribution in [1.29, 1.82) is 0 Å². The number of hydrogen-bond acceptors (Lipinski definition) is 3. The number of hydrogen-bond donors (Lipinski definition) is 2. The van der Waals surface area contributed by atoms with Crippen molar-refractivity contribution in [2.45, 2.75) is 13.0 Å². The molecule has 2 aromatic carbocycles. The van der Waals surface area contributed by atoms with Gasteiger partial charge in [-0.2, -0.15) is 0 Å². The van der Waals surface area contributed by atoms with Crippen molar-refractivity contribution >= 4 is 21.6 Å². The lowest BCUT2D eigenvalue weighted by Gasteiger charge is -2.20. The monoisotopic (exact) mass is 334 g/mol. The van der Waals surface area contributed by atoms with Gasteiger partial charge < -0.3 is 15.8 Å². The Kier molecular flexibility index (Phi) is 5.04. The number of rotatable bonds is 5. The summed E-state index contributed by atoms with van der Waals surface area (Å²) in [7, 11) is 1.68. The molecule has 0 aliphatic carbocycles. The van der Waals surface area contributed by atoms with Crippen LogP contribution in [0.15, 0.2) is 46.9 Å². The van der Waals surface area contributed by atoms with Gasteiger partial charge in [-0.3, -0.25) is 0 Å². The first-order valence-corrected chi connectivity index (χ1v) is 7.30. The number of nitrogens with one attached hydrogen (secondary N) is 1. The molecule has 0 amide bonds.